The van der Waals surface area contributed by atoms with Gasteiger partial charge < -0.3 is 10.4 Å². The molecular formula is C18H25ClFN3O. The molecule has 1 aliphatic carbocycles. The fourth-order valence-corrected chi connectivity index (χ4v) is 3.29. The van der Waals surface area contributed by atoms with Gasteiger partial charge in [-0.15, -0.1) is 12.4 Å². The minimum atomic E-state index is -0.239. The van der Waals surface area contributed by atoms with E-state index in [9.17, 15) is 9.50 Å². The maximum atomic E-state index is 13.1. The number of aryl methyl sites for hydroxylation is 1. The average molecular weight is 354 g/mol. The third-order valence-corrected chi connectivity index (χ3v) is 4.78. The molecule has 132 valence electrons. The van der Waals surface area contributed by atoms with Crippen LogP contribution in [0.3, 0.4) is 0 Å². The van der Waals surface area contributed by atoms with Crippen molar-refractivity contribution in [3.8, 4) is 5.69 Å². The third kappa shape index (κ3) is 4.15. The summed E-state index contributed by atoms with van der Waals surface area (Å²) in [6.07, 6.45) is 3.67. The lowest BCUT2D eigenvalue weighted by Gasteiger charge is -2.26. The van der Waals surface area contributed by atoms with Crippen LogP contribution in [0, 0.1) is 19.7 Å². The number of hydrogen-bond acceptors (Lipinski definition) is 3. The van der Waals surface area contributed by atoms with Crippen molar-refractivity contribution in [2.75, 3.05) is 0 Å². The number of rotatable bonds is 4. The predicted molar refractivity (Wildman–Crippen MR) is 95.3 cm³/mol. The molecule has 4 nitrogen and oxygen atoms in total. The van der Waals surface area contributed by atoms with Gasteiger partial charge in [0, 0.05) is 23.8 Å². The van der Waals surface area contributed by atoms with E-state index in [1.807, 2.05) is 18.5 Å². The summed E-state index contributed by atoms with van der Waals surface area (Å²) in [5.74, 6) is -0.239. The zero-order valence-electron chi connectivity index (χ0n) is 14.1. The monoisotopic (exact) mass is 353 g/mol. The van der Waals surface area contributed by atoms with Gasteiger partial charge in [0.25, 0.3) is 0 Å². The van der Waals surface area contributed by atoms with Crippen LogP contribution in [0.1, 0.15) is 42.6 Å². The van der Waals surface area contributed by atoms with Crippen molar-refractivity contribution in [2.24, 2.45) is 0 Å². The highest BCUT2D eigenvalue weighted by Gasteiger charge is 2.20. The molecule has 0 saturated heterocycles. The van der Waals surface area contributed by atoms with E-state index < -0.39 is 0 Å². The third-order valence-electron chi connectivity index (χ3n) is 4.78. The number of aliphatic hydroxyl groups is 1. The molecule has 0 atom stereocenters. The minimum absolute atomic E-state index is 0. The van der Waals surface area contributed by atoms with E-state index in [4.69, 9.17) is 0 Å². The van der Waals surface area contributed by atoms with E-state index in [1.54, 1.807) is 12.1 Å². The molecule has 0 amide bonds. The van der Waals surface area contributed by atoms with Crippen LogP contribution < -0.4 is 5.32 Å². The second-order valence-electron chi connectivity index (χ2n) is 6.42. The second kappa shape index (κ2) is 8.10. The summed E-state index contributed by atoms with van der Waals surface area (Å²) >= 11 is 0. The van der Waals surface area contributed by atoms with E-state index >= 15 is 0 Å². The minimum Gasteiger partial charge on any atom is -0.393 e. The zero-order chi connectivity index (χ0) is 16.4. The Balaban J connectivity index is 0.00000208. The highest BCUT2D eigenvalue weighted by Crippen LogP contribution is 2.21. The number of nitrogens with one attached hydrogen (secondary N) is 1. The van der Waals surface area contributed by atoms with Crippen LogP contribution in [0.5, 0.6) is 0 Å². The van der Waals surface area contributed by atoms with E-state index in [1.165, 1.54) is 17.7 Å². The summed E-state index contributed by atoms with van der Waals surface area (Å²) < 4.78 is 15.0. The summed E-state index contributed by atoms with van der Waals surface area (Å²) in [4.78, 5) is 0. The molecular weight excluding hydrogens is 329 g/mol. The van der Waals surface area contributed by atoms with Crippen LogP contribution in [0.15, 0.2) is 24.3 Å². The molecule has 0 radical (unpaired) electrons. The quantitative estimate of drug-likeness (QED) is 0.885. The summed E-state index contributed by atoms with van der Waals surface area (Å²) in [5, 5.41) is 17.8. The van der Waals surface area contributed by atoms with Crippen molar-refractivity contribution >= 4 is 12.4 Å². The average Bonchev–Trinajstić information content (AvgIpc) is 2.82. The van der Waals surface area contributed by atoms with E-state index in [-0.39, 0.29) is 24.3 Å². The van der Waals surface area contributed by atoms with Gasteiger partial charge in [0.05, 0.1) is 17.5 Å². The Hall–Kier alpha value is -1.43. The number of benzene rings is 1. The Labute approximate surface area is 148 Å². The van der Waals surface area contributed by atoms with Crippen LogP contribution in [-0.4, -0.2) is 27.0 Å². The maximum absolute atomic E-state index is 13.1. The zero-order valence-corrected chi connectivity index (χ0v) is 14.9. The standard InChI is InChI=1S/C18H24FN3O.ClH/c1-12-18(11-20-15-5-9-17(23)10-6-15)13(2)22(21-12)16-7-3-14(19)4-8-16;/h3-4,7-8,15,17,20,23H,5-6,9-11H2,1-2H3;1H. The van der Waals surface area contributed by atoms with Crippen molar-refractivity contribution in [1.82, 2.24) is 15.1 Å². The molecule has 0 bridgehead atoms. The van der Waals surface area contributed by atoms with Crippen molar-refractivity contribution in [3.05, 3.63) is 47.0 Å². The van der Waals surface area contributed by atoms with Crippen molar-refractivity contribution in [3.63, 3.8) is 0 Å². The van der Waals surface area contributed by atoms with Gasteiger partial charge in [-0.25, -0.2) is 9.07 Å². The molecule has 24 heavy (non-hydrogen) atoms. The topological polar surface area (TPSA) is 50.1 Å². The first-order chi connectivity index (χ1) is 11.0. The largest absolute Gasteiger partial charge is 0.393 e. The summed E-state index contributed by atoms with van der Waals surface area (Å²) in [6.45, 7) is 4.83. The lowest BCUT2D eigenvalue weighted by molar-refractivity contribution is 0.116. The molecule has 1 aliphatic rings. The molecule has 1 aromatic carbocycles. The summed E-state index contributed by atoms with van der Waals surface area (Å²) in [7, 11) is 0. The molecule has 0 aliphatic heterocycles. The fourth-order valence-electron chi connectivity index (χ4n) is 3.29. The van der Waals surface area contributed by atoms with Crippen LogP contribution >= 0.6 is 12.4 Å². The number of hydrogen-bond donors (Lipinski definition) is 2. The van der Waals surface area contributed by atoms with E-state index in [2.05, 4.69) is 10.4 Å². The lowest BCUT2D eigenvalue weighted by Crippen LogP contribution is -2.34. The predicted octanol–water partition coefficient (Wildman–Crippen LogP) is 3.44. The van der Waals surface area contributed by atoms with Gasteiger partial charge in [0.15, 0.2) is 0 Å². The molecule has 2 N–H and O–H groups in total. The second-order valence-corrected chi connectivity index (χ2v) is 6.42. The van der Waals surface area contributed by atoms with Crippen LogP contribution in [-0.2, 0) is 6.54 Å². The van der Waals surface area contributed by atoms with Gasteiger partial charge >= 0.3 is 0 Å². The Morgan fingerprint density at radius 1 is 1.17 bits per heavy atom. The number of halogens is 2. The SMILES string of the molecule is Cc1nn(-c2ccc(F)cc2)c(C)c1CNC1CCC(O)CC1.Cl. The van der Waals surface area contributed by atoms with Gasteiger partial charge in [-0.2, -0.15) is 5.10 Å². The molecule has 2 aromatic rings. The fraction of sp³-hybridized carbons (Fsp3) is 0.500. The van der Waals surface area contributed by atoms with Gasteiger partial charge in [0.1, 0.15) is 5.82 Å². The van der Waals surface area contributed by atoms with Crippen LogP contribution in [0.2, 0.25) is 0 Å². The molecule has 1 saturated carbocycles. The van der Waals surface area contributed by atoms with E-state index in [0.29, 0.717) is 6.04 Å². The first kappa shape index (κ1) is 18.9. The summed E-state index contributed by atoms with van der Waals surface area (Å²) in [5.41, 5.74) is 4.15. The number of aromatic nitrogens is 2. The molecule has 1 aromatic heterocycles. The van der Waals surface area contributed by atoms with Crippen molar-refractivity contribution < 1.29 is 9.50 Å². The Morgan fingerprint density at radius 2 is 1.79 bits per heavy atom. The van der Waals surface area contributed by atoms with Gasteiger partial charge in [-0.3, -0.25) is 0 Å². The first-order valence-electron chi connectivity index (χ1n) is 8.27. The van der Waals surface area contributed by atoms with Crippen LogP contribution in [0.4, 0.5) is 4.39 Å². The molecule has 1 heterocycles. The van der Waals surface area contributed by atoms with Crippen molar-refractivity contribution in [2.45, 2.75) is 58.2 Å². The highest BCUT2D eigenvalue weighted by atomic mass is 35.5. The van der Waals surface area contributed by atoms with E-state index in [0.717, 1.165) is 49.3 Å². The Morgan fingerprint density at radius 3 is 2.42 bits per heavy atom. The smallest absolute Gasteiger partial charge is 0.123 e. The van der Waals surface area contributed by atoms with Crippen LogP contribution in [0.25, 0.3) is 5.69 Å². The number of nitrogens with zero attached hydrogens (tertiary/aromatic N) is 2. The first-order valence-corrected chi connectivity index (χ1v) is 8.27. The Kier molecular flexibility index (Phi) is 6.38. The molecule has 0 spiro atoms. The highest BCUT2D eigenvalue weighted by molar-refractivity contribution is 5.85. The maximum Gasteiger partial charge on any atom is 0.123 e. The molecule has 1 fully saturated rings. The van der Waals surface area contributed by atoms with Gasteiger partial charge in [0.2, 0.25) is 0 Å². The van der Waals surface area contributed by atoms with Gasteiger partial charge in [-0.1, -0.05) is 0 Å². The van der Waals surface area contributed by atoms with Crippen molar-refractivity contribution in [1.29, 1.82) is 0 Å². The number of aliphatic hydroxyl groups excluding tert-OH is 1. The normalized spacial score (nSPS) is 20.7. The summed E-state index contributed by atoms with van der Waals surface area (Å²) in [6, 6.07) is 6.86. The molecule has 6 heteroatoms. The Bertz CT molecular complexity index is 664. The van der Waals surface area contributed by atoms with Gasteiger partial charge in [-0.05, 0) is 63.8 Å². The molecule has 3 rings (SSSR count). The molecule has 0 unspecified atom stereocenters. The lowest BCUT2D eigenvalue weighted by atomic mass is 9.93.